The summed E-state index contributed by atoms with van der Waals surface area (Å²) in [6.45, 7) is 5.82. The Morgan fingerprint density at radius 2 is 2.04 bits per heavy atom. The number of carbonyl (C=O) groups is 2. The Kier molecular flexibility index (Phi) is 5.46. The highest BCUT2D eigenvalue weighted by Gasteiger charge is 2.18. The number of rotatable bonds is 6. The second-order valence-electron chi connectivity index (χ2n) is 5.99. The lowest BCUT2D eigenvalue weighted by atomic mass is 10.2. The van der Waals surface area contributed by atoms with E-state index in [2.05, 4.69) is 10.3 Å². The number of aromatic nitrogens is 2. The number of methoxy groups -OCH3 is 1. The Bertz CT molecular complexity index is 1010. The highest BCUT2D eigenvalue weighted by molar-refractivity contribution is 7.22. The van der Waals surface area contributed by atoms with Gasteiger partial charge < -0.3 is 19.4 Å². The Balaban J connectivity index is 1.75. The zero-order chi connectivity index (χ0) is 19.6. The summed E-state index contributed by atoms with van der Waals surface area (Å²) in [5, 5.41) is 3.35. The smallest absolute Gasteiger partial charge is 0.339 e. The fourth-order valence-electron chi connectivity index (χ4n) is 2.85. The molecule has 0 radical (unpaired) electrons. The van der Waals surface area contributed by atoms with E-state index >= 15 is 0 Å². The van der Waals surface area contributed by atoms with E-state index in [1.807, 2.05) is 25.1 Å². The quantitative estimate of drug-likeness (QED) is 0.654. The number of benzene rings is 1. The summed E-state index contributed by atoms with van der Waals surface area (Å²) >= 11 is 1.38. The van der Waals surface area contributed by atoms with Gasteiger partial charge in [-0.1, -0.05) is 11.3 Å². The minimum absolute atomic E-state index is 0.0936. The molecule has 0 spiro atoms. The third-order valence-electron chi connectivity index (χ3n) is 4.21. The van der Waals surface area contributed by atoms with Crippen molar-refractivity contribution in [2.75, 3.05) is 19.0 Å². The maximum Gasteiger partial charge on any atom is 0.339 e. The van der Waals surface area contributed by atoms with E-state index in [9.17, 15) is 9.59 Å². The SMILES string of the molecule is CCOC(=O)c1cc(C)n(CC(=O)Nc2nc3ccc(OC)cc3s2)c1C. The summed E-state index contributed by atoms with van der Waals surface area (Å²) in [5.74, 6) is 0.157. The topological polar surface area (TPSA) is 82.5 Å². The summed E-state index contributed by atoms with van der Waals surface area (Å²) in [6.07, 6.45) is 0. The standard InChI is InChI=1S/C19H21N3O4S/c1-5-26-18(24)14-8-11(2)22(12(14)3)10-17(23)21-19-20-15-7-6-13(25-4)9-16(15)27-19/h6-9H,5,10H2,1-4H3,(H,20,21,23). The van der Waals surface area contributed by atoms with Crippen molar-refractivity contribution in [2.24, 2.45) is 0 Å². The fraction of sp³-hybridized carbons (Fsp3) is 0.316. The number of hydrogen-bond acceptors (Lipinski definition) is 6. The van der Waals surface area contributed by atoms with Crippen molar-refractivity contribution in [1.82, 2.24) is 9.55 Å². The molecule has 0 saturated heterocycles. The summed E-state index contributed by atoms with van der Waals surface area (Å²) in [4.78, 5) is 28.9. The van der Waals surface area contributed by atoms with Gasteiger partial charge in [0, 0.05) is 11.4 Å². The van der Waals surface area contributed by atoms with Gasteiger partial charge in [0.05, 0.1) is 29.5 Å². The predicted molar refractivity (Wildman–Crippen MR) is 105 cm³/mol. The van der Waals surface area contributed by atoms with Gasteiger partial charge in [-0.25, -0.2) is 9.78 Å². The van der Waals surface area contributed by atoms with Gasteiger partial charge in [0.15, 0.2) is 5.13 Å². The number of esters is 1. The summed E-state index contributed by atoms with van der Waals surface area (Å²) in [6, 6.07) is 7.31. The lowest BCUT2D eigenvalue weighted by Crippen LogP contribution is -2.20. The van der Waals surface area contributed by atoms with Crippen molar-refractivity contribution in [1.29, 1.82) is 0 Å². The number of aryl methyl sites for hydroxylation is 1. The molecule has 27 heavy (non-hydrogen) atoms. The van der Waals surface area contributed by atoms with E-state index in [1.165, 1.54) is 11.3 Å². The van der Waals surface area contributed by atoms with Crippen molar-refractivity contribution < 1.29 is 19.1 Å². The third kappa shape index (κ3) is 3.95. The number of amides is 1. The first-order valence-corrected chi connectivity index (χ1v) is 9.32. The second kappa shape index (κ2) is 7.79. The minimum atomic E-state index is -0.377. The molecule has 0 atom stereocenters. The zero-order valence-electron chi connectivity index (χ0n) is 15.7. The Morgan fingerprint density at radius 3 is 2.74 bits per heavy atom. The molecule has 1 aromatic carbocycles. The van der Waals surface area contributed by atoms with Crippen LogP contribution in [0.5, 0.6) is 5.75 Å². The van der Waals surface area contributed by atoms with Crippen LogP contribution in [-0.4, -0.2) is 35.1 Å². The number of nitrogens with zero attached hydrogens (tertiary/aromatic N) is 2. The number of ether oxygens (including phenoxy) is 2. The number of carbonyl (C=O) groups excluding carboxylic acids is 2. The maximum atomic E-state index is 12.5. The van der Waals surface area contributed by atoms with Crippen LogP contribution in [0.15, 0.2) is 24.3 Å². The number of anilines is 1. The highest BCUT2D eigenvalue weighted by atomic mass is 32.1. The molecule has 2 heterocycles. The first-order chi connectivity index (χ1) is 12.9. The lowest BCUT2D eigenvalue weighted by Gasteiger charge is -2.09. The van der Waals surface area contributed by atoms with E-state index < -0.39 is 0 Å². The molecular formula is C19H21N3O4S. The van der Waals surface area contributed by atoms with Gasteiger partial charge in [0.2, 0.25) is 5.91 Å². The zero-order valence-corrected chi connectivity index (χ0v) is 16.5. The average Bonchev–Trinajstić information content (AvgIpc) is 3.16. The van der Waals surface area contributed by atoms with Crippen LogP contribution in [0, 0.1) is 13.8 Å². The van der Waals surface area contributed by atoms with Crippen molar-refractivity contribution in [3.8, 4) is 5.75 Å². The monoisotopic (exact) mass is 387 g/mol. The van der Waals surface area contributed by atoms with Gasteiger partial charge >= 0.3 is 5.97 Å². The van der Waals surface area contributed by atoms with Crippen LogP contribution < -0.4 is 10.1 Å². The number of nitrogens with one attached hydrogen (secondary N) is 1. The molecule has 0 aliphatic rings. The van der Waals surface area contributed by atoms with E-state index in [0.29, 0.717) is 23.0 Å². The Hall–Kier alpha value is -2.87. The molecule has 0 bridgehead atoms. The van der Waals surface area contributed by atoms with Crippen molar-refractivity contribution in [3.63, 3.8) is 0 Å². The van der Waals surface area contributed by atoms with Crippen LogP contribution in [0.1, 0.15) is 28.7 Å². The van der Waals surface area contributed by atoms with Gasteiger partial charge in [0.1, 0.15) is 12.3 Å². The van der Waals surface area contributed by atoms with E-state index in [4.69, 9.17) is 9.47 Å². The van der Waals surface area contributed by atoms with Crippen molar-refractivity contribution in [3.05, 3.63) is 41.2 Å². The third-order valence-corrected chi connectivity index (χ3v) is 5.15. The van der Waals surface area contributed by atoms with Gasteiger partial charge in [-0.3, -0.25) is 4.79 Å². The minimum Gasteiger partial charge on any atom is -0.497 e. The molecule has 1 amide bonds. The molecule has 3 aromatic rings. The second-order valence-corrected chi connectivity index (χ2v) is 7.02. The lowest BCUT2D eigenvalue weighted by molar-refractivity contribution is -0.116. The van der Waals surface area contributed by atoms with Gasteiger partial charge in [0.25, 0.3) is 0 Å². The van der Waals surface area contributed by atoms with Gasteiger partial charge in [-0.2, -0.15) is 0 Å². The number of hydrogen-bond donors (Lipinski definition) is 1. The molecule has 0 aliphatic carbocycles. The van der Waals surface area contributed by atoms with Crippen LogP contribution >= 0.6 is 11.3 Å². The first-order valence-electron chi connectivity index (χ1n) is 8.51. The van der Waals surface area contributed by atoms with Crippen molar-refractivity contribution >= 4 is 38.6 Å². The molecular weight excluding hydrogens is 366 g/mol. The summed E-state index contributed by atoms with van der Waals surface area (Å²) in [7, 11) is 1.61. The predicted octanol–water partition coefficient (Wildman–Crippen LogP) is 3.54. The molecule has 7 nitrogen and oxygen atoms in total. The molecule has 0 aliphatic heterocycles. The molecule has 2 aromatic heterocycles. The molecule has 0 fully saturated rings. The van der Waals surface area contributed by atoms with E-state index in [1.54, 1.807) is 31.6 Å². The van der Waals surface area contributed by atoms with Gasteiger partial charge in [-0.05, 0) is 45.0 Å². The van der Waals surface area contributed by atoms with Crippen molar-refractivity contribution in [2.45, 2.75) is 27.3 Å². The maximum absolute atomic E-state index is 12.5. The normalized spacial score (nSPS) is 10.8. The molecule has 0 unspecified atom stereocenters. The summed E-state index contributed by atoms with van der Waals surface area (Å²) in [5.41, 5.74) is 2.80. The molecule has 3 rings (SSSR count). The molecule has 0 saturated carbocycles. The van der Waals surface area contributed by atoms with Crippen LogP contribution in [0.25, 0.3) is 10.2 Å². The van der Waals surface area contributed by atoms with E-state index in [0.717, 1.165) is 21.7 Å². The van der Waals surface area contributed by atoms with Crippen LogP contribution in [0.3, 0.4) is 0 Å². The Labute approximate surface area is 160 Å². The Morgan fingerprint density at radius 1 is 1.26 bits per heavy atom. The molecule has 8 heteroatoms. The van der Waals surface area contributed by atoms with Gasteiger partial charge in [-0.15, -0.1) is 0 Å². The first kappa shape index (κ1) is 18.9. The summed E-state index contributed by atoms with van der Waals surface area (Å²) < 4.78 is 13.0. The highest BCUT2D eigenvalue weighted by Crippen LogP contribution is 2.29. The molecule has 142 valence electrons. The molecule has 1 N–H and O–H groups in total. The average molecular weight is 387 g/mol. The number of thiazole rings is 1. The number of fused-ring (bicyclic) bond motifs is 1. The van der Waals surface area contributed by atoms with Crippen LogP contribution in [-0.2, 0) is 16.1 Å². The fourth-order valence-corrected chi connectivity index (χ4v) is 3.76. The van der Waals surface area contributed by atoms with Crippen LogP contribution in [0.4, 0.5) is 5.13 Å². The van der Waals surface area contributed by atoms with Crippen LogP contribution in [0.2, 0.25) is 0 Å². The largest absolute Gasteiger partial charge is 0.497 e. The van der Waals surface area contributed by atoms with E-state index in [-0.39, 0.29) is 18.4 Å².